The normalized spacial score (nSPS) is 12.6. The van der Waals surface area contributed by atoms with Gasteiger partial charge in [0.15, 0.2) is 0 Å². The standard InChI is InChI=1S/C13H16N2O2/c1-9(17-11(3)16)8-15-10(2)14-12-6-4-5-7-13(12)15/h4-7,9H,8H2,1-3H3. The van der Waals surface area contributed by atoms with Gasteiger partial charge in [-0.05, 0) is 26.0 Å². The van der Waals surface area contributed by atoms with E-state index in [4.69, 9.17) is 4.74 Å². The number of aryl methyl sites for hydroxylation is 1. The SMILES string of the molecule is CC(=O)OC(C)Cn1c(C)nc2ccccc21. The summed E-state index contributed by atoms with van der Waals surface area (Å²) in [5.41, 5.74) is 2.05. The number of nitrogens with zero attached hydrogens (tertiary/aromatic N) is 2. The van der Waals surface area contributed by atoms with Crippen molar-refractivity contribution in [3.8, 4) is 0 Å². The predicted octanol–water partition coefficient (Wildman–Crippen LogP) is 2.30. The molecule has 0 spiro atoms. The van der Waals surface area contributed by atoms with Gasteiger partial charge >= 0.3 is 5.97 Å². The Morgan fingerprint density at radius 1 is 1.47 bits per heavy atom. The summed E-state index contributed by atoms with van der Waals surface area (Å²) in [5, 5.41) is 0. The van der Waals surface area contributed by atoms with E-state index in [-0.39, 0.29) is 12.1 Å². The van der Waals surface area contributed by atoms with Crippen LogP contribution in [0.1, 0.15) is 19.7 Å². The van der Waals surface area contributed by atoms with E-state index in [0.717, 1.165) is 16.9 Å². The Morgan fingerprint density at radius 2 is 2.18 bits per heavy atom. The highest BCUT2D eigenvalue weighted by Gasteiger charge is 2.11. The van der Waals surface area contributed by atoms with Gasteiger partial charge in [0, 0.05) is 6.92 Å². The number of rotatable bonds is 3. The molecule has 0 fully saturated rings. The third-order valence-electron chi connectivity index (χ3n) is 2.65. The number of aromatic nitrogens is 2. The lowest BCUT2D eigenvalue weighted by molar-refractivity contribution is -0.146. The van der Waals surface area contributed by atoms with Crippen molar-refractivity contribution < 1.29 is 9.53 Å². The molecule has 1 atom stereocenters. The molecule has 0 saturated heterocycles. The second-order valence-corrected chi connectivity index (χ2v) is 4.18. The fourth-order valence-corrected chi connectivity index (χ4v) is 2.00. The van der Waals surface area contributed by atoms with Crippen LogP contribution in [0.4, 0.5) is 0 Å². The van der Waals surface area contributed by atoms with Crippen molar-refractivity contribution in [2.45, 2.75) is 33.4 Å². The number of para-hydroxylation sites is 2. The minimum Gasteiger partial charge on any atom is -0.461 e. The van der Waals surface area contributed by atoms with Crippen molar-refractivity contribution in [3.05, 3.63) is 30.1 Å². The van der Waals surface area contributed by atoms with Gasteiger partial charge in [-0.3, -0.25) is 4.79 Å². The van der Waals surface area contributed by atoms with Crippen LogP contribution in [0.5, 0.6) is 0 Å². The Kier molecular flexibility index (Phi) is 3.13. The number of carbonyl (C=O) groups excluding carboxylic acids is 1. The number of esters is 1. The van der Waals surface area contributed by atoms with Crippen molar-refractivity contribution in [2.75, 3.05) is 0 Å². The molecule has 0 aliphatic carbocycles. The van der Waals surface area contributed by atoms with Crippen molar-refractivity contribution in [2.24, 2.45) is 0 Å². The number of carbonyl (C=O) groups is 1. The lowest BCUT2D eigenvalue weighted by Gasteiger charge is -2.14. The minimum absolute atomic E-state index is 0.149. The van der Waals surface area contributed by atoms with Crippen molar-refractivity contribution in [1.82, 2.24) is 9.55 Å². The molecule has 4 nitrogen and oxygen atoms in total. The first-order valence-corrected chi connectivity index (χ1v) is 5.67. The third-order valence-corrected chi connectivity index (χ3v) is 2.65. The fourth-order valence-electron chi connectivity index (χ4n) is 2.00. The maximum atomic E-state index is 10.9. The van der Waals surface area contributed by atoms with Crippen LogP contribution in [0.3, 0.4) is 0 Å². The average Bonchev–Trinajstić information content (AvgIpc) is 2.55. The van der Waals surface area contributed by atoms with Gasteiger partial charge in [0.1, 0.15) is 11.9 Å². The van der Waals surface area contributed by atoms with Crippen LogP contribution in [0.25, 0.3) is 11.0 Å². The molecule has 0 aliphatic rings. The first kappa shape index (κ1) is 11.6. The van der Waals surface area contributed by atoms with Crippen LogP contribution in [-0.4, -0.2) is 21.6 Å². The largest absolute Gasteiger partial charge is 0.461 e. The van der Waals surface area contributed by atoms with Gasteiger partial charge in [-0.2, -0.15) is 0 Å². The number of imidazole rings is 1. The molecule has 2 aromatic rings. The molecule has 1 aromatic carbocycles. The molecule has 0 radical (unpaired) electrons. The highest BCUT2D eigenvalue weighted by Crippen LogP contribution is 2.16. The molecule has 1 aromatic heterocycles. The van der Waals surface area contributed by atoms with Crippen LogP contribution in [0, 0.1) is 6.92 Å². The summed E-state index contributed by atoms with van der Waals surface area (Å²) in [6, 6.07) is 7.95. The van der Waals surface area contributed by atoms with Crippen molar-refractivity contribution in [3.63, 3.8) is 0 Å². The van der Waals surface area contributed by atoms with Gasteiger partial charge in [-0.15, -0.1) is 0 Å². The summed E-state index contributed by atoms with van der Waals surface area (Å²) in [4.78, 5) is 15.4. The zero-order chi connectivity index (χ0) is 12.4. The molecule has 0 bridgehead atoms. The molecular weight excluding hydrogens is 216 g/mol. The third kappa shape index (κ3) is 2.46. The van der Waals surface area contributed by atoms with E-state index in [1.165, 1.54) is 6.92 Å². The van der Waals surface area contributed by atoms with Gasteiger partial charge in [0.05, 0.1) is 17.6 Å². The van der Waals surface area contributed by atoms with Crippen LogP contribution in [-0.2, 0) is 16.1 Å². The number of hydrogen-bond acceptors (Lipinski definition) is 3. The molecular formula is C13H16N2O2. The summed E-state index contributed by atoms with van der Waals surface area (Å²) in [6.45, 7) is 5.90. The minimum atomic E-state index is -0.250. The number of fused-ring (bicyclic) bond motifs is 1. The lowest BCUT2D eigenvalue weighted by Crippen LogP contribution is -2.19. The van der Waals surface area contributed by atoms with Gasteiger partial charge in [-0.1, -0.05) is 12.1 Å². The van der Waals surface area contributed by atoms with Gasteiger partial charge in [0.25, 0.3) is 0 Å². The first-order valence-electron chi connectivity index (χ1n) is 5.67. The highest BCUT2D eigenvalue weighted by molar-refractivity contribution is 5.75. The first-order chi connectivity index (χ1) is 8.08. The van der Waals surface area contributed by atoms with Crippen LogP contribution < -0.4 is 0 Å². The fraction of sp³-hybridized carbons (Fsp3) is 0.385. The molecule has 90 valence electrons. The second kappa shape index (κ2) is 4.57. The van der Waals surface area contributed by atoms with E-state index >= 15 is 0 Å². The maximum Gasteiger partial charge on any atom is 0.302 e. The van der Waals surface area contributed by atoms with E-state index in [1.807, 2.05) is 38.1 Å². The van der Waals surface area contributed by atoms with E-state index in [0.29, 0.717) is 6.54 Å². The monoisotopic (exact) mass is 232 g/mol. The maximum absolute atomic E-state index is 10.9. The molecule has 17 heavy (non-hydrogen) atoms. The van der Waals surface area contributed by atoms with Gasteiger partial charge < -0.3 is 9.30 Å². The zero-order valence-electron chi connectivity index (χ0n) is 10.3. The lowest BCUT2D eigenvalue weighted by atomic mass is 10.3. The summed E-state index contributed by atoms with van der Waals surface area (Å²) in [7, 11) is 0. The van der Waals surface area contributed by atoms with Gasteiger partial charge in [-0.25, -0.2) is 4.98 Å². The molecule has 4 heteroatoms. The Bertz CT molecular complexity index is 545. The zero-order valence-corrected chi connectivity index (χ0v) is 10.3. The molecule has 1 heterocycles. The Hall–Kier alpha value is -1.84. The Morgan fingerprint density at radius 3 is 2.88 bits per heavy atom. The Balaban J connectivity index is 2.29. The molecule has 0 N–H and O–H groups in total. The number of benzene rings is 1. The Labute approximate surface area is 100 Å². The summed E-state index contributed by atoms with van der Waals surface area (Å²) in [5.74, 6) is 0.685. The predicted molar refractivity (Wildman–Crippen MR) is 65.7 cm³/mol. The molecule has 2 rings (SSSR count). The van der Waals surface area contributed by atoms with Crippen LogP contribution in [0.15, 0.2) is 24.3 Å². The summed E-state index contributed by atoms with van der Waals surface area (Å²) >= 11 is 0. The van der Waals surface area contributed by atoms with Crippen molar-refractivity contribution >= 4 is 17.0 Å². The summed E-state index contributed by atoms with van der Waals surface area (Å²) < 4.78 is 7.21. The van der Waals surface area contributed by atoms with Crippen molar-refractivity contribution in [1.29, 1.82) is 0 Å². The second-order valence-electron chi connectivity index (χ2n) is 4.18. The smallest absolute Gasteiger partial charge is 0.302 e. The topological polar surface area (TPSA) is 44.1 Å². The van der Waals surface area contributed by atoms with Crippen LogP contribution in [0.2, 0.25) is 0 Å². The molecule has 1 unspecified atom stereocenters. The van der Waals surface area contributed by atoms with E-state index in [2.05, 4.69) is 9.55 Å². The molecule has 0 amide bonds. The highest BCUT2D eigenvalue weighted by atomic mass is 16.5. The van der Waals surface area contributed by atoms with E-state index in [9.17, 15) is 4.79 Å². The van der Waals surface area contributed by atoms with Gasteiger partial charge in [0.2, 0.25) is 0 Å². The van der Waals surface area contributed by atoms with E-state index in [1.54, 1.807) is 0 Å². The van der Waals surface area contributed by atoms with Crippen LogP contribution >= 0.6 is 0 Å². The summed E-state index contributed by atoms with van der Waals surface area (Å²) in [6.07, 6.45) is -0.149. The quantitative estimate of drug-likeness (QED) is 0.763. The average molecular weight is 232 g/mol. The van der Waals surface area contributed by atoms with E-state index < -0.39 is 0 Å². The molecule has 0 saturated carbocycles. The number of ether oxygens (including phenoxy) is 1. The molecule has 0 aliphatic heterocycles. The number of hydrogen-bond donors (Lipinski definition) is 0.